The van der Waals surface area contributed by atoms with E-state index in [0.717, 1.165) is 25.0 Å². The number of methoxy groups -OCH3 is 1. The Bertz CT molecular complexity index is 642. The van der Waals surface area contributed by atoms with Gasteiger partial charge in [-0.15, -0.1) is 0 Å². The van der Waals surface area contributed by atoms with Gasteiger partial charge in [0.05, 0.1) is 12.9 Å². The molecule has 0 spiro atoms. The first-order valence-corrected chi connectivity index (χ1v) is 10.3. The maximum atomic E-state index is 13.0. The standard InChI is InChI=1S/C24H38O4/c1-18(2)10-8-9-11-19(3)17-24(14-12-20(27-7)16-21(24)25)15-13-22(26)28-23(4,5)6/h10-11,16H,8-9,12-15,17H2,1-7H3/b19-11+. The van der Waals surface area contributed by atoms with Gasteiger partial charge >= 0.3 is 5.97 Å². The largest absolute Gasteiger partial charge is 0.501 e. The van der Waals surface area contributed by atoms with E-state index in [-0.39, 0.29) is 18.2 Å². The molecule has 1 atom stereocenters. The predicted octanol–water partition coefficient (Wildman–Crippen LogP) is 6.07. The van der Waals surface area contributed by atoms with Gasteiger partial charge in [0.1, 0.15) is 5.60 Å². The quantitative estimate of drug-likeness (QED) is 0.272. The molecule has 0 aromatic heterocycles. The molecule has 1 aliphatic rings. The fraction of sp³-hybridized carbons (Fsp3) is 0.667. The fourth-order valence-electron chi connectivity index (χ4n) is 3.57. The van der Waals surface area contributed by atoms with Crippen LogP contribution in [0.4, 0.5) is 0 Å². The Hall–Kier alpha value is -1.84. The van der Waals surface area contributed by atoms with Crippen LogP contribution in [0.5, 0.6) is 0 Å². The molecule has 0 aliphatic heterocycles. The molecule has 0 amide bonds. The van der Waals surface area contributed by atoms with Crippen molar-refractivity contribution in [2.75, 3.05) is 7.11 Å². The van der Waals surface area contributed by atoms with Gasteiger partial charge in [-0.25, -0.2) is 0 Å². The number of carbonyl (C=O) groups excluding carboxylic acids is 2. The fourth-order valence-corrected chi connectivity index (χ4v) is 3.57. The minimum atomic E-state index is -0.546. The van der Waals surface area contributed by atoms with E-state index in [1.165, 1.54) is 11.1 Å². The van der Waals surface area contributed by atoms with Crippen molar-refractivity contribution in [3.63, 3.8) is 0 Å². The summed E-state index contributed by atoms with van der Waals surface area (Å²) < 4.78 is 10.7. The van der Waals surface area contributed by atoms with Crippen LogP contribution in [-0.2, 0) is 19.1 Å². The molecule has 1 unspecified atom stereocenters. The number of hydrogen-bond donors (Lipinski definition) is 0. The number of allylic oxidation sites excluding steroid dienone is 6. The van der Waals surface area contributed by atoms with E-state index in [9.17, 15) is 9.59 Å². The van der Waals surface area contributed by atoms with Crippen molar-refractivity contribution in [2.45, 2.75) is 92.1 Å². The minimum absolute atomic E-state index is 0.0659. The number of carbonyl (C=O) groups is 2. The van der Waals surface area contributed by atoms with Crippen LogP contribution in [-0.4, -0.2) is 24.5 Å². The summed E-state index contributed by atoms with van der Waals surface area (Å²) in [7, 11) is 1.60. The van der Waals surface area contributed by atoms with E-state index in [1.54, 1.807) is 13.2 Å². The lowest BCUT2D eigenvalue weighted by molar-refractivity contribution is -0.155. The Balaban J connectivity index is 2.89. The smallest absolute Gasteiger partial charge is 0.306 e. The van der Waals surface area contributed by atoms with Gasteiger partial charge < -0.3 is 9.47 Å². The number of esters is 1. The molecular formula is C24H38O4. The molecule has 0 fully saturated rings. The topological polar surface area (TPSA) is 52.6 Å². The van der Waals surface area contributed by atoms with Gasteiger partial charge in [-0.05, 0) is 73.6 Å². The third kappa shape index (κ3) is 8.45. The van der Waals surface area contributed by atoms with Gasteiger partial charge in [0.2, 0.25) is 0 Å². The minimum Gasteiger partial charge on any atom is -0.501 e. The normalized spacial score (nSPS) is 20.5. The zero-order valence-corrected chi connectivity index (χ0v) is 18.8. The summed E-state index contributed by atoms with van der Waals surface area (Å²) in [6, 6.07) is 0. The molecular weight excluding hydrogens is 352 g/mol. The molecule has 4 heteroatoms. The molecule has 1 aliphatic carbocycles. The average Bonchev–Trinajstić information content (AvgIpc) is 2.57. The van der Waals surface area contributed by atoms with Crippen LogP contribution in [0.25, 0.3) is 0 Å². The van der Waals surface area contributed by atoms with Gasteiger partial charge in [0.15, 0.2) is 5.78 Å². The van der Waals surface area contributed by atoms with Gasteiger partial charge in [-0.1, -0.05) is 23.3 Å². The van der Waals surface area contributed by atoms with E-state index >= 15 is 0 Å². The summed E-state index contributed by atoms with van der Waals surface area (Å²) in [5, 5.41) is 0. The van der Waals surface area contributed by atoms with Crippen molar-refractivity contribution >= 4 is 11.8 Å². The maximum Gasteiger partial charge on any atom is 0.306 e. The van der Waals surface area contributed by atoms with Crippen molar-refractivity contribution in [3.05, 3.63) is 35.1 Å². The van der Waals surface area contributed by atoms with Crippen molar-refractivity contribution < 1.29 is 19.1 Å². The second kappa shape index (κ2) is 10.6. The third-order valence-electron chi connectivity index (χ3n) is 4.98. The highest BCUT2D eigenvalue weighted by Crippen LogP contribution is 2.42. The van der Waals surface area contributed by atoms with Gasteiger partial charge in [0, 0.05) is 24.3 Å². The molecule has 0 saturated carbocycles. The summed E-state index contributed by atoms with van der Waals surface area (Å²) in [6.07, 6.45) is 10.9. The Morgan fingerprint density at radius 1 is 1.18 bits per heavy atom. The third-order valence-corrected chi connectivity index (χ3v) is 4.98. The summed E-state index contributed by atoms with van der Waals surface area (Å²) in [6.45, 7) is 11.9. The van der Waals surface area contributed by atoms with E-state index in [0.29, 0.717) is 19.3 Å². The predicted molar refractivity (Wildman–Crippen MR) is 114 cm³/mol. The van der Waals surface area contributed by atoms with Crippen LogP contribution in [0.2, 0.25) is 0 Å². The summed E-state index contributed by atoms with van der Waals surface area (Å²) >= 11 is 0. The molecule has 0 heterocycles. The van der Waals surface area contributed by atoms with Gasteiger partial charge in [0.25, 0.3) is 0 Å². The zero-order chi connectivity index (χ0) is 21.4. The second-order valence-corrected chi connectivity index (χ2v) is 9.13. The van der Waals surface area contributed by atoms with Gasteiger partial charge in [-0.2, -0.15) is 0 Å². The highest BCUT2D eigenvalue weighted by Gasteiger charge is 2.40. The average molecular weight is 391 g/mol. The van der Waals surface area contributed by atoms with Crippen molar-refractivity contribution in [2.24, 2.45) is 5.41 Å². The number of ether oxygens (including phenoxy) is 2. The first-order chi connectivity index (χ1) is 13.0. The highest BCUT2D eigenvalue weighted by atomic mass is 16.6. The van der Waals surface area contributed by atoms with Gasteiger partial charge in [-0.3, -0.25) is 9.59 Å². The van der Waals surface area contributed by atoms with E-state index in [2.05, 4.69) is 32.9 Å². The first kappa shape index (κ1) is 24.2. The molecule has 0 bridgehead atoms. The van der Waals surface area contributed by atoms with Crippen molar-refractivity contribution in [3.8, 4) is 0 Å². The van der Waals surface area contributed by atoms with Crippen LogP contribution in [0.1, 0.15) is 86.5 Å². The van der Waals surface area contributed by atoms with E-state index in [1.807, 2.05) is 20.8 Å². The molecule has 158 valence electrons. The Morgan fingerprint density at radius 3 is 2.36 bits per heavy atom. The number of unbranched alkanes of at least 4 members (excludes halogenated alkanes) is 1. The van der Waals surface area contributed by atoms with E-state index in [4.69, 9.17) is 9.47 Å². The second-order valence-electron chi connectivity index (χ2n) is 9.13. The number of hydrogen-bond acceptors (Lipinski definition) is 4. The SMILES string of the molecule is COC1=CC(=O)C(CCC(=O)OC(C)(C)C)(C/C(C)=C/CCC=C(C)C)CC1. The first-order valence-electron chi connectivity index (χ1n) is 10.3. The Labute approximate surface area is 171 Å². The molecule has 0 aromatic carbocycles. The van der Waals surface area contributed by atoms with Crippen LogP contribution in [0.15, 0.2) is 35.1 Å². The van der Waals surface area contributed by atoms with Crippen LogP contribution >= 0.6 is 0 Å². The lowest BCUT2D eigenvalue weighted by atomic mass is 9.68. The number of rotatable bonds is 9. The lowest BCUT2D eigenvalue weighted by Crippen LogP contribution is -2.35. The van der Waals surface area contributed by atoms with Crippen LogP contribution in [0.3, 0.4) is 0 Å². The maximum absolute atomic E-state index is 13.0. The van der Waals surface area contributed by atoms with E-state index < -0.39 is 11.0 Å². The summed E-state index contributed by atoms with van der Waals surface area (Å²) in [5.41, 5.74) is 1.47. The zero-order valence-electron chi connectivity index (χ0n) is 18.8. The molecule has 0 N–H and O–H groups in total. The molecule has 0 saturated heterocycles. The molecule has 28 heavy (non-hydrogen) atoms. The summed E-state index contributed by atoms with van der Waals surface area (Å²) in [4.78, 5) is 25.2. The number of ketones is 1. The van der Waals surface area contributed by atoms with Crippen LogP contribution < -0.4 is 0 Å². The van der Waals surface area contributed by atoms with Crippen LogP contribution in [0, 0.1) is 5.41 Å². The lowest BCUT2D eigenvalue weighted by Gasteiger charge is -2.35. The Kier molecular flexibility index (Phi) is 9.19. The summed E-state index contributed by atoms with van der Waals surface area (Å²) in [5.74, 6) is 0.547. The molecule has 0 radical (unpaired) electrons. The van der Waals surface area contributed by atoms with Crippen molar-refractivity contribution in [1.29, 1.82) is 0 Å². The Morgan fingerprint density at radius 2 is 1.82 bits per heavy atom. The van der Waals surface area contributed by atoms with Crippen molar-refractivity contribution in [1.82, 2.24) is 0 Å². The molecule has 1 rings (SSSR count). The monoisotopic (exact) mass is 390 g/mol. The molecule has 0 aromatic rings. The molecule has 4 nitrogen and oxygen atoms in total. The highest BCUT2D eigenvalue weighted by molar-refractivity contribution is 5.96.